The number of nitrogens with zero attached hydrogens (tertiary/aromatic N) is 1. The zero-order valence-electron chi connectivity index (χ0n) is 12.0. The monoisotopic (exact) mass is 289 g/mol. The molecular weight excluding hydrogens is 270 g/mol. The highest BCUT2D eigenvalue weighted by atomic mass is 16.7. The molecule has 5 nitrogen and oxygen atoms in total. The molecule has 5 heteroatoms. The maximum atomic E-state index is 11.4. The normalized spacial score (nSPS) is 16.4. The van der Waals surface area contributed by atoms with Crippen molar-refractivity contribution >= 4 is 16.9 Å². The molecule has 112 valence electrons. The van der Waals surface area contributed by atoms with Crippen molar-refractivity contribution in [2.75, 3.05) is 13.2 Å². The Bertz CT molecular complexity index is 656. The highest BCUT2D eigenvalue weighted by Gasteiger charge is 2.18. The van der Waals surface area contributed by atoms with E-state index in [0.29, 0.717) is 31.9 Å². The molecule has 0 unspecified atom stereocenters. The van der Waals surface area contributed by atoms with Crippen LogP contribution in [0.5, 0.6) is 0 Å². The second kappa shape index (κ2) is 5.87. The fourth-order valence-corrected chi connectivity index (χ4v) is 2.75. The molecule has 1 aromatic heterocycles. The topological polar surface area (TPSA) is 60.7 Å². The fourth-order valence-electron chi connectivity index (χ4n) is 2.75. The van der Waals surface area contributed by atoms with E-state index in [9.17, 15) is 9.90 Å². The van der Waals surface area contributed by atoms with Crippen LogP contribution in [0.25, 0.3) is 10.9 Å². The third-order valence-corrected chi connectivity index (χ3v) is 3.76. The molecule has 0 aliphatic carbocycles. The number of rotatable bonds is 4. The number of hydrogen-bond acceptors (Lipinski definition) is 3. The largest absolute Gasteiger partial charge is 0.477 e. The third-order valence-electron chi connectivity index (χ3n) is 3.76. The first kappa shape index (κ1) is 14.1. The van der Waals surface area contributed by atoms with E-state index < -0.39 is 5.97 Å². The molecular formula is C16H19NO4. The lowest BCUT2D eigenvalue weighted by Gasteiger charge is -2.23. The minimum atomic E-state index is -0.908. The Kier molecular flexibility index (Phi) is 3.94. The van der Waals surface area contributed by atoms with E-state index in [-0.39, 0.29) is 6.29 Å². The highest BCUT2D eigenvalue weighted by Crippen LogP contribution is 2.23. The molecule has 1 fully saturated rings. The fraction of sp³-hybridized carbons (Fsp3) is 0.438. The Morgan fingerprint density at radius 1 is 1.33 bits per heavy atom. The van der Waals surface area contributed by atoms with E-state index in [1.165, 1.54) is 0 Å². The van der Waals surface area contributed by atoms with Crippen molar-refractivity contribution in [1.29, 1.82) is 0 Å². The molecule has 0 radical (unpaired) electrons. The van der Waals surface area contributed by atoms with Gasteiger partial charge >= 0.3 is 5.97 Å². The smallest absolute Gasteiger partial charge is 0.352 e. The number of hydrogen-bond donors (Lipinski definition) is 1. The number of ether oxygens (including phenoxy) is 2. The van der Waals surface area contributed by atoms with Crippen molar-refractivity contribution in [3.63, 3.8) is 0 Å². The Balaban J connectivity index is 1.88. The second-order valence-electron chi connectivity index (χ2n) is 5.36. The summed E-state index contributed by atoms with van der Waals surface area (Å²) in [6, 6.07) is 7.71. The summed E-state index contributed by atoms with van der Waals surface area (Å²) in [5.74, 6) is -0.908. The van der Waals surface area contributed by atoms with Gasteiger partial charge in [-0.25, -0.2) is 4.79 Å². The SMILES string of the molecule is Cc1ccc2c(c1)cc(C(=O)O)n2CCC1OCCCO1. The van der Waals surface area contributed by atoms with Gasteiger partial charge in [0.2, 0.25) is 0 Å². The van der Waals surface area contributed by atoms with E-state index in [1.807, 2.05) is 29.7 Å². The molecule has 0 spiro atoms. The van der Waals surface area contributed by atoms with Crippen LogP contribution in [0.4, 0.5) is 0 Å². The summed E-state index contributed by atoms with van der Waals surface area (Å²) in [6.07, 6.45) is 1.34. The number of aromatic nitrogens is 1. The average molecular weight is 289 g/mol. The molecule has 1 aromatic carbocycles. The van der Waals surface area contributed by atoms with E-state index >= 15 is 0 Å². The van der Waals surface area contributed by atoms with Crippen LogP contribution in [0.15, 0.2) is 24.3 Å². The summed E-state index contributed by atoms with van der Waals surface area (Å²) in [7, 11) is 0. The summed E-state index contributed by atoms with van der Waals surface area (Å²) in [5, 5.41) is 10.3. The van der Waals surface area contributed by atoms with Gasteiger partial charge in [-0.1, -0.05) is 11.6 Å². The minimum absolute atomic E-state index is 0.233. The van der Waals surface area contributed by atoms with Gasteiger partial charge in [0, 0.05) is 23.9 Å². The van der Waals surface area contributed by atoms with Crippen molar-refractivity contribution in [1.82, 2.24) is 4.57 Å². The van der Waals surface area contributed by atoms with Gasteiger partial charge < -0.3 is 19.1 Å². The van der Waals surface area contributed by atoms with Gasteiger partial charge in [-0.2, -0.15) is 0 Å². The number of aromatic carboxylic acids is 1. The first-order valence-corrected chi connectivity index (χ1v) is 7.21. The van der Waals surface area contributed by atoms with E-state index in [4.69, 9.17) is 9.47 Å². The van der Waals surface area contributed by atoms with Gasteiger partial charge in [-0.15, -0.1) is 0 Å². The molecule has 0 saturated carbocycles. The zero-order chi connectivity index (χ0) is 14.8. The molecule has 2 aromatic rings. The first-order valence-electron chi connectivity index (χ1n) is 7.21. The molecule has 0 bridgehead atoms. The number of aryl methyl sites for hydroxylation is 2. The van der Waals surface area contributed by atoms with Crippen LogP contribution in [0.1, 0.15) is 28.9 Å². The predicted octanol–water partition coefficient (Wildman–Crippen LogP) is 2.80. The lowest BCUT2D eigenvalue weighted by molar-refractivity contribution is -0.182. The summed E-state index contributed by atoms with van der Waals surface area (Å²) in [6.45, 7) is 3.99. The van der Waals surface area contributed by atoms with Crippen molar-refractivity contribution in [3.05, 3.63) is 35.5 Å². The molecule has 2 heterocycles. The molecule has 21 heavy (non-hydrogen) atoms. The Morgan fingerprint density at radius 3 is 2.81 bits per heavy atom. The number of benzene rings is 1. The number of fused-ring (bicyclic) bond motifs is 1. The molecule has 1 saturated heterocycles. The van der Waals surface area contributed by atoms with Crippen LogP contribution in [-0.2, 0) is 16.0 Å². The molecule has 1 aliphatic rings. The van der Waals surface area contributed by atoms with Gasteiger partial charge in [-0.3, -0.25) is 0 Å². The van der Waals surface area contributed by atoms with Gasteiger partial charge in [0.1, 0.15) is 5.69 Å². The molecule has 0 amide bonds. The van der Waals surface area contributed by atoms with E-state index in [0.717, 1.165) is 22.9 Å². The molecule has 1 aliphatic heterocycles. The van der Waals surface area contributed by atoms with E-state index in [2.05, 4.69) is 0 Å². The molecule has 1 N–H and O–H groups in total. The van der Waals surface area contributed by atoms with Gasteiger partial charge in [-0.05, 0) is 31.5 Å². The van der Waals surface area contributed by atoms with E-state index in [1.54, 1.807) is 6.07 Å². The lowest BCUT2D eigenvalue weighted by atomic mass is 10.2. The van der Waals surface area contributed by atoms with Crippen molar-refractivity contribution in [3.8, 4) is 0 Å². The van der Waals surface area contributed by atoms with Gasteiger partial charge in [0.25, 0.3) is 0 Å². The summed E-state index contributed by atoms with van der Waals surface area (Å²) < 4.78 is 12.9. The molecule has 3 rings (SSSR count). The number of carbonyl (C=O) groups is 1. The van der Waals surface area contributed by atoms with Crippen molar-refractivity contribution < 1.29 is 19.4 Å². The first-order chi connectivity index (χ1) is 10.1. The van der Waals surface area contributed by atoms with Crippen LogP contribution >= 0.6 is 0 Å². The van der Waals surface area contributed by atoms with Gasteiger partial charge in [0.05, 0.1) is 13.2 Å². The quantitative estimate of drug-likeness (QED) is 0.940. The number of carboxylic acid groups (broad SMARTS) is 1. The second-order valence-corrected chi connectivity index (χ2v) is 5.36. The number of carboxylic acids is 1. The lowest BCUT2D eigenvalue weighted by Crippen LogP contribution is -2.26. The highest BCUT2D eigenvalue weighted by molar-refractivity contribution is 5.94. The zero-order valence-corrected chi connectivity index (χ0v) is 12.0. The maximum Gasteiger partial charge on any atom is 0.352 e. The maximum absolute atomic E-state index is 11.4. The summed E-state index contributed by atoms with van der Waals surface area (Å²) >= 11 is 0. The minimum Gasteiger partial charge on any atom is -0.477 e. The predicted molar refractivity (Wildman–Crippen MR) is 78.6 cm³/mol. The van der Waals surface area contributed by atoms with Crippen LogP contribution in [0.2, 0.25) is 0 Å². The Labute approximate surface area is 123 Å². The Morgan fingerprint density at radius 2 is 2.10 bits per heavy atom. The van der Waals surface area contributed by atoms with Crippen molar-refractivity contribution in [2.24, 2.45) is 0 Å². The van der Waals surface area contributed by atoms with Gasteiger partial charge in [0.15, 0.2) is 6.29 Å². The van der Waals surface area contributed by atoms with Crippen LogP contribution < -0.4 is 0 Å². The summed E-state index contributed by atoms with van der Waals surface area (Å²) in [4.78, 5) is 11.4. The van der Waals surface area contributed by atoms with Crippen LogP contribution in [-0.4, -0.2) is 35.1 Å². The van der Waals surface area contributed by atoms with Crippen LogP contribution in [0.3, 0.4) is 0 Å². The van der Waals surface area contributed by atoms with Crippen molar-refractivity contribution in [2.45, 2.75) is 32.6 Å². The summed E-state index contributed by atoms with van der Waals surface area (Å²) in [5.41, 5.74) is 2.37. The standard InChI is InChI=1S/C16H19NO4/c1-11-3-4-13-12(9-11)10-14(16(18)19)17(13)6-5-15-20-7-2-8-21-15/h3-4,9-10,15H,2,5-8H2,1H3,(H,18,19). The third kappa shape index (κ3) is 2.94. The Hall–Kier alpha value is -1.85. The van der Waals surface area contributed by atoms with Crippen LogP contribution in [0, 0.1) is 6.92 Å². The average Bonchev–Trinajstić information content (AvgIpc) is 2.84. The molecule has 0 atom stereocenters.